The van der Waals surface area contributed by atoms with Crippen molar-refractivity contribution in [2.45, 2.75) is 264 Å². The van der Waals surface area contributed by atoms with Gasteiger partial charge in [0.05, 0.1) is 36.5 Å². The molecule has 0 bridgehead atoms. The lowest BCUT2D eigenvalue weighted by atomic mass is 9.85. The molecule has 7 atom stereocenters. The van der Waals surface area contributed by atoms with Crippen molar-refractivity contribution in [1.82, 2.24) is 69.1 Å². The smallest absolute Gasteiger partial charge is 0.243 e. The molecule has 0 fully saturated rings. The monoisotopic (exact) mass is 1270 g/mol. The number of unbranched alkanes of at least 4 members (excludes halogenated alkanes) is 7. The molecule has 89 heavy (non-hydrogen) atoms. The second-order valence-corrected chi connectivity index (χ2v) is 26.4. The number of carbonyl (C=O) groups is 7. The summed E-state index contributed by atoms with van der Waals surface area (Å²) >= 11 is 0. The maximum Gasteiger partial charge on any atom is 0.243 e. The van der Waals surface area contributed by atoms with Crippen LogP contribution < -0.4 is 69.1 Å². The van der Waals surface area contributed by atoms with Gasteiger partial charge < -0.3 is 78.6 Å². The van der Waals surface area contributed by atoms with Crippen molar-refractivity contribution < 1.29 is 43.0 Å². The summed E-state index contributed by atoms with van der Waals surface area (Å²) in [4.78, 5) is 96.2. The average molecular weight is 1270 g/mol. The zero-order chi connectivity index (χ0) is 66.9. The lowest BCUT2D eigenvalue weighted by Gasteiger charge is -2.34. The number of hydrogen-bond donors (Lipinski definition) is 13. The molecule has 7 amide bonds. The zero-order valence-corrected chi connectivity index (χ0v) is 59.0. The van der Waals surface area contributed by atoms with Gasteiger partial charge >= 0.3 is 0 Å². The Bertz CT molecular complexity index is 1890. The van der Waals surface area contributed by atoms with Crippen LogP contribution in [0.15, 0.2) is 0 Å². The molecule has 0 heterocycles. The predicted molar refractivity (Wildman–Crippen MR) is 363 cm³/mol. The van der Waals surface area contributed by atoms with Crippen molar-refractivity contribution in [3.05, 3.63) is 0 Å². The Morgan fingerprint density at radius 1 is 0.337 bits per heavy atom. The van der Waals surface area contributed by atoms with E-state index in [2.05, 4.69) is 104 Å². The van der Waals surface area contributed by atoms with Crippen LogP contribution in [0.2, 0.25) is 0 Å². The summed E-state index contributed by atoms with van der Waals surface area (Å²) in [5.41, 5.74) is -0.852. The van der Waals surface area contributed by atoms with E-state index in [1.165, 1.54) is 0 Å². The van der Waals surface area contributed by atoms with Crippen LogP contribution in [-0.2, 0) is 43.0 Å². The van der Waals surface area contributed by atoms with Crippen molar-refractivity contribution in [2.24, 2.45) is 17.3 Å². The zero-order valence-electron chi connectivity index (χ0n) is 59.0. The van der Waals surface area contributed by atoms with Crippen molar-refractivity contribution in [3.63, 3.8) is 0 Å². The van der Waals surface area contributed by atoms with Crippen LogP contribution in [-0.4, -0.2) is 191 Å². The number of carbonyl (C=O) groups excluding carboxylic acids is 7. The van der Waals surface area contributed by atoms with E-state index in [0.717, 1.165) is 103 Å². The Balaban J connectivity index is 6.46. The van der Waals surface area contributed by atoms with Crippen LogP contribution in [0.4, 0.5) is 0 Å². The third-order valence-corrected chi connectivity index (χ3v) is 17.5. The predicted octanol–water partition coefficient (Wildman–Crippen LogP) is 5.62. The van der Waals surface area contributed by atoms with Gasteiger partial charge in [-0.25, -0.2) is 0 Å². The average Bonchev–Trinajstić information content (AvgIpc) is 3.25. The van der Waals surface area contributed by atoms with Gasteiger partial charge in [0.15, 0.2) is 0 Å². The van der Waals surface area contributed by atoms with Gasteiger partial charge in [0.1, 0.15) is 18.1 Å². The summed E-state index contributed by atoms with van der Waals surface area (Å²) in [7, 11) is 11.1. The number of hydrogen-bond acceptors (Lipinski definition) is 15. The van der Waals surface area contributed by atoms with Gasteiger partial charge in [-0.15, -0.1) is 0 Å². The molecule has 0 saturated heterocycles. The van der Waals surface area contributed by atoms with E-state index in [9.17, 15) is 33.6 Å². The first-order valence-electron chi connectivity index (χ1n) is 34.7. The SMILES string of the molecule is CCC(C)(CC)COC(C)(C)CCOC(C)(C)CCNC(=O)C(CCCCNC(=O)C(CCCCNC(=O)C(CCCCNC)NC)NC(=O)C(C)CCCCNC)NC(=O)C(CCCCNC(=O)C(C)CCCCNC)NC(=O)C(CCCCNC)NC. The molecule has 0 aromatic carbocycles. The first-order chi connectivity index (χ1) is 42.4. The molecular weight excluding hydrogens is 1130 g/mol. The van der Waals surface area contributed by atoms with Crippen molar-refractivity contribution in [1.29, 1.82) is 0 Å². The fourth-order valence-electron chi connectivity index (χ4n) is 10.2. The Hall–Kier alpha value is -4.03. The Morgan fingerprint density at radius 3 is 1.04 bits per heavy atom. The molecule has 13 N–H and O–H groups in total. The molecular formula is C67H135N13O9. The number of amides is 7. The molecule has 0 aliphatic carbocycles. The molecule has 522 valence electrons. The van der Waals surface area contributed by atoms with Gasteiger partial charge in [-0.3, -0.25) is 33.6 Å². The summed E-state index contributed by atoms with van der Waals surface area (Å²) in [6, 6.07) is -3.55. The van der Waals surface area contributed by atoms with Crippen LogP contribution in [0.3, 0.4) is 0 Å². The van der Waals surface area contributed by atoms with E-state index in [1.807, 2.05) is 55.9 Å². The lowest BCUT2D eigenvalue weighted by molar-refractivity contribution is -0.133. The fourth-order valence-corrected chi connectivity index (χ4v) is 10.2. The van der Waals surface area contributed by atoms with Gasteiger partial charge in [0.2, 0.25) is 41.4 Å². The van der Waals surface area contributed by atoms with E-state index < -0.39 is 35.7 Å². The maximum atomic E-state index is 14.6. The van der Waals surface area contributed by atoms with E-state index in [4.69, 9.17) is 9.47 Å². The minimum atomic E-state index is -0.976. The van der Waals surface area contributed by atoms with Crippen molar-refractivity contribution >= 4 is 41.4 Å². The molecule has 0 rings (SSSR count). The van der Waals surface area contributed by atoms with Crippen LogP contribution in [0.25, 0.3) is 0 Å². The quantitative estimate of drug-likeness (QED) is 0.0329. The lowest BCUT2D eigenvalue weighted by Crippen LogP contribution is -2.56. The minimum Gasteiger partial charge on any atom is -0.375 e. The molecule has 0 aromatic heterocycles. The summed E-state index contributed by atoms with van der Waals surface area (Å²) in [5.74, 6) is -2.13. The van der Waals surface area contributed by atoms with E-state index in [1.54, 1.807) is 14.1 Å². The Morgan fingerprint density at radius 2 is 0.640 bits per heavy atom. The third-order valence-electron chi connectivity index (χ3n) is 17.5. The largest absolute Gasteiger partial charge is 0.375 e. The highest BCUT2D eigenvalue weighted by atomic mass is 16.5. The standard InChI is InChI=1S/C67H135N13O9/c1-16-67(9,17-2)50-89-66(7,8)40-49-88-65(5,6)39-48-77-62(85)56(79-64(87)57(80-63(86)54(73-15)35-21-28-44-71-13)38-24-29-45-74-58(81)51(3)32-18-25-41-68-10)37-23-31-47-76-61(84)55(78-59(82)52(4)33-19-26-42-69-11)36-22-30-46-75-60(83)53(72-14)34-20-27-43-70-12/h51-57,68-73H,16-50H2,1-15H3,(H,74,81)(H,75,83)(H,76,84)(H,77,85)(H,78,82)(H,79,87)(H,80,86). The number of likely N-dealkylation sites (N-methyl/N-ethyl adjacent to an activating group) is 2. The highest BCUT2D eigenvalue weighted by Gasteiger charge is 2.31. The maximum absolute atomic E-state index is 14.6. The van der Waals surface area contributed by atoms with Gasteiger partial charge in [-0.2, -0.15) is 0 Å². The molecule has 0 aliphatic rings. The van der Waals surface area contributed by atoms with Gasteiger partial charge in [-0.05, 0) is 236 Å². The Kier molecular flexibility index (Phi) is 49.1. The van der Waals surface area contributed by atoms with Crippen LogP contribution in [0.5, 0.6) is 0 Å². The van der Waals surface area contributed by atoms with Gasteiger partial charge in [0, 0.05) is 38.0 Å². The van der Waals surface area contributed by atoms with Crippen molar-refractivity contribution in [3.8, 4) is 0 Å². The second-order valence-electron chi connectivity index (χ2n) is 26.4. The molecule has 22 nitrogen and oxygen atoms in total. The number of rotatable bonds is 59. The Labute approximate surface area is 540 Å². The molecule has 22 heteroatoms. The van der Waals surface area contributed by atoms with Gasteiger partial charge in [-0.1, -0.05) is 60.3 Å². The molecule has 0 aliphatic heterocycles. The number of nitrogens with one attached hydrogen (secondary N) is 13. The molecule has 0 radical (unpaired) electrons. The van der Waals surface area contributed by atoms with E-state index >= 15 is 0 Å². The summed E-state index contributed by atoms with van der Waals surface area (Å²) in [6.45, 7) is 24.6. The fraction of sp³-hybridized carbons (Fsp3) is 0.896. The molecule has 0 saturated carbocycles. The van der Waals surface area contributed by atoms with Crippen LogP contribution in [0.1, 0.15) is 223 Å². The molecule has 0 spiro atoms. The first-order valence-corrected chi connectivity index (χ1v) is 34.7. The third kappa shape index (κ3) is 42.0. The first kappa shape index (κ1) is 85.0. The number of ether oxygens (including phenoxy) is 2. The summed E-state index contributed by atoms with van der Waals surface area (Å²) in [6.07, 6.45) is 17.5. The molecule has 0 aromatic rings. The van der Waals surface area contributed by atoms with E-state index in [-0.39, 0.29) is 90.3 Å². The summed E-state index contributed by atoms with van der Waals surface area (Å²) < 4.78 is 12.8. The minimum absolute atomic E-state index is 0.00596. The van der Waals surface area contributed by atoms with Crippen LogP contribution in [0, 0.1) is 17.3 Å². The second kappa shape index (κ2) is 51.5. The van der Waals surface area contributed by atoms with Gasteiger partial charge in [0.25, 0.3) is 0 Å². The normalized spacial score (nSPS) is 14.4. The van der Waals surface area contributed by atoms with E-state index in [0.29, 0.717) is 96.9 Å². The highest BCUT2D eigenvalue weighted by Crippen LogP contribution is 2.29. The highest BCUT2D eigenvalue weighted by molar-refractivity contribution is 5.93. The van der Waals surface area contributed by atoms with Crippen LogP contribution >= 0.6 is 0 Å². The summed E-state index contributed by atoms with van der Waals surface area (Å²) in [5, 5.41) is 40.1. The molecule has 7 unspecified atom stereocenters. The van der Waals surface area contributed by atoms with Crippen molar-refractivity contribution in [2.75, 3.05) is 108 Å². The topological polar surface area (TPSA) is 294 Å².